The average Bonchev–Trinajstić information content (AvgIpc) is 2.98. The fourth-order valence-corrected chi connectivity index (χ4v) is 2.42. The summed E-state index contributed by atoms with van der Waals surface area (Å²) >= 11 is 3.46. The van der Waals surface area contributed by atoms with E-state index < -0.39 is 0 Å². The maximum Gasteiger partial charge on any atom is 0.133 e. The number of halogens is 1. The quantitative estimate of drug-likeness (QED) is 0.920. The molecular weight excluding hydrogens is 268 g/mol. The van der Waals surface area contributed by atoms with Crippen LogP contribution >= 0.6 is 15.9 Å². The Morgan fingerprint density at radius 2 is 2.19 bits per heavy atom. The number of benzene rings is 1. The smallest absolute Gasteiger partial charge is 0.133 e. The van der Waals surface area contributed by atoms with Gasteiger partial charge >= 0.3 is 0 Å². The molecule has 88 valence electrons. The highest BCUT2D eigenvalue weighted by atomic mass is 79.9. The standard InChI is InChI=1S/C13H17BrO2/c1-13(5-6-13)12(15)8-9-3-4-11(16-2)10(14)7-9/h3-4,7,12,15H,5-6,8H2,1-2H3. The fraction of sp³-hybridized carbons (Fsp3) is 0.538. The molecule has 1 saturated carbocycles. The lowest BCUT2D eigenvalue weighted by molar-refractivity contribution is 0.103. The predicted molar refractivity (Wildman–Crippen MR) is 67.7 cm³/mol. The van der Waals surface area contributed by atoms with E-state index >= 15 is 0 Å². The molecule has 0 aliphatic heterocycles. The fourth-order valence-electron chi connectivity index (χ4n) is 1.84. The first-order chi connectivity index (χ1) is 7.55. The van der Waals surface area contributed by atoms with Gasteiger partial charge in [-0.15, -0.1) is 0 Å². The summed E-state index contributed by atoms with van der Waals surface area (Å²) in [6.45, 7) is 2.15. The Balaban J connectivity index is 2.07. The summed E-state index contributed by atoms with van der Waals surface area (Å²) in [5.41, 5.74) is 1.31. The number of aliphatic hydroxyl groups excluding tert-OH is 1. The Labute approximate surface area is 105 Å². The van der Waals surface area contributed by atoms with Gasteiger partial charge in [0.1, 0.15) is 5.75 Å². The summed E-state index contributed by atoms with van der Waals surface area (Å²) in [7, 11) is 1.65. The third kappa shape index (κ3) is 2.41. The monoisotopic (exact) mass is 284 g/mol. The molecule has 1 fully saturated rings. The van der Waals surface area contributed by atoms with Crippen LogP contribution < -0.4 is 4.74 Å². The van der Waals surface area contributed by atoms with Gasteiger partial charge in [0, 0.05) is 0 Å². The molecule has 3 heteroatoms. The van der Waals surface area contributed by atoms with Gasteiger partial charge in [-0.05, 0) is 58.3 Å². The second-order valence-corrected chi connectivity index (χ2v) is 5.70. The van der Waals surface area contributed by atoms with Gasteiger partial charge in [-0.2, -0.15) is 0 Å². The second-order valence-electron chi connectivity index (χ2n) is 4.84. The topological polar surface area (TPSA) is 29.5 Å². The minimum atomic E-state index is -0.229. The van der Waals surface area contributed by atoms with E-state index in [-0.39, 0.29) is 11.5 Å². The van der Waals surface area contributed by atoms with Crippen LogP contribution in [-0.4, -0.2) is 18.3 Å². The summed E-state index contributed by atoms with van der Waals surface area (Å²) < 4.78 is 6.12. The van der Waals surface area contributed by atoms with E-state index in [4.69, 9.17) is 4.74 Å². The van der Waals surface area contributed by atoms with Crippen LogP contribution in [0.25, 0.3) is 0 Å². The summed E-state index contributed by atoms with van der Waals surface area (Å²) in [5, 5.41) is 10.1. The van der Waals surface area contributed by atoms with Gasteiger partial charge in [-0.25, -0.2) is 0 Å². The Kier molecular flexibility index (Phi) is 3.27. The lowest BCUT2D eigenvalue weighted by atomic mass is 9.95. The van der Waals surface area contributed by atoms with Crippen LogP contribution in [0.2, 0.25) is 0 Å². The molecule has 0 saturated heterocycles. The van der Waals surface area contributed by atoms with Crippen molar-refractivity contribution in [3.8, 4) is 5.75 Å². The van der Waals surface area contributed by atoms with Crippen molar-refractivity contribution in [3.05, 3.63) is 28.2 Å². The van der Waals surface area contributed by atoms with Gasteiger partial charge in [0.2, 0.25) is 0 Å². The first-order valence-corrected chi connectivity index (χ1v) is 6.35. The van der Waals surface area contributed by atoms with Crippen molar-refractivity contribution in [2.45, 2.75) is 32.3 Å². The zero-order valence-corrected chi connectivity index (χ0v) is 11.3. The van der Waals surface area contributed by atoms with E-state index in [0.717, 1.165) is 35.0 Å². The van der Waals surface area contributed by atoms with Gasteiger partial charge in [0.25, 0.3) is 0 Å². The number of ether oxygens (including phenoxy) is 1. The Bertz CT molecular complexity index is 386. The van der Waals surface area contributed by atoms with Crippen LogP contribution in [0, 0.1) is 5.41 Å². The molecule has 1 aliphatic rings. The highest BCUT2D eigenvalue weighted by molar-refractivity contribution is 9.10. The number of hydrogen-bond acceptors (Lipinski definition) is 2. The highest BCUT2D eigenvalue weighted by Gasteiger charge is 2.43. The molecule has 0 aromatic heterocycles. The minimum absolute atomic E-state index is 0.159. The van der Waals surface area contributed by atoms with Gasteiger partial charge in [0.05, 0.1) is 17.7 Å². The van der Waals surface area contributed by atoms with Gasteiger partial charge in [-0.1, -0.05) is 13.0 Å². The molecule has 1 aromatic carbocycles. The molecule has 1 N–H and O–H groups in total. The van der Waals surface area contributed by atoms with Crippen molar-refractivity contribution in [2.75, 3.05) is 7.11 Å². The van der Waals surface area contributed by atoms with Gasteiger partial charge < -0.3 is 9.84 Å². The summed E-state index contributed by atoms with van der Waals surface area (Å²) in [6, 6.07) is 5.97. The summed E-state index contributed by atoms with van der Waals surface area (Å²) in [6.07, 6.45) is 2.78. The largest absolute Gasteiger partial charge is 0.496 e. The van der Waals surface area contributed by atoms with Crippen molar-refractivity contribution >= 4 is 15.9 Å². The van der Waals surface area contributed by atoms with E-state index in [1.54, 1.807) is 7.11 Å². The lowest BCUT2D eigenvalue weighted by Crippen LogP contribution is -2.21. The number of methoxy groups -OCH3 is 1. The zero-order valence-electron chi connectivity index (χ0n) is 9.66. The Morgan fingerprint density at radius 1 is 1.50 bits per heavy atom. The first-order valence-electron chi connectivity index (χ1n) is 5.56. The van der Waals surface area contributed by atoms with Crippen molar-refractivity contribution in [3.63, 3.8) is 0 Å². The third-order valence-corrected chi connectivity index (χ3v) is 4.11. The zero-order chi connectivity index (χ0) is 11.8. The van der Waals surface area contributed by atoms with E-state index in [0.29, 0.717) is 0 Å². The lowest BCUT2D eigenvalue weighted by Gasteiger charge is -2.17. The minimum Gasteiger partial charge on any atom is -0.496 e. The first kappa shape index (κ1) is 11.9. The maximum absolute atomic E-state index is 10.1. The molecule has 0 bridgehead atoms. The van der Waals surface area contributed by atoms with E-state index in [2.05, 4.69) is 22.9 Å². The van der Waals surface area contributed by atoms with Crippen molar-refractivity contribution in [2.24, 2.45) is 5.41 Å². The SMILES string of the molecule is COc1ccc(CC(O)C2(C)CC2)cc1Br. The van der Waals surface area contributed by atoms with Crippen LogP contribution in [-0.2, 0) is 6.42 Å². The molecule has 1 unspecified atom stereocenters. The van der Waals surface area contributed by atoms with Crippen molar-refractivity contribution in [1.82, 2.24) is 0 Å². The van der Waals surface area contributed by atoms with E-state index in [9.17, 15) is 5.11 Å². The Morgan fingerprint density at radius 3 is 2.69 bits per heavy atom. The summed E-state index contributed by atoms with van der Waals surface area (Å²) in [5.74, 6) is 0.830. The molecule has 1 aromatic rings. The molecule has 2 nitrogen and oxygen atoms in total. The predicted octanol–water partition coefficient (Wildman–Crippen LogP) is 3.16. The summed E-state index contributed by atoms with van der Waals surface area (Å²) in [4.78, 5) is 0. The number of rotatable bonds is 4. The number of hydrogen-bond donors (Lipinski definition) is 1. The maximum atomic E-state index is 10.1. The molecule has 1 aliphatic carbocycles. The van der Waals surface area contributed by atoms with Gasteiger partial charge in [-0.3, -0.25) is 0 Å². The van der Waals surface area contributed by atoms with Crippen LogP contribution in [0.5, 0.6) is 5.75 Å². The second kappa shape index (κ2) is 4.38. The molecule has 1 atom stereocenters. The molecule has 2 rings (SSSR count). The van der Waals surface area contributed by atoms with Crippen molar-refractivity contribution < 1.29 is 9.84 Å². The van der Waals surface area contributed by atoms with Crippen LogP contribution in [0.1, 0.15) is 25.3 Å². The molecular formula is C13H17BrO2. The van der Waals surface area contributed by atoms with Gasteiger partial charge in [0.15, 0.2) is 0 Å². The van der Waals surface area contributed by atoms with E-state index in [1.807, 2.05) is 18.2 Å². The average molecular weight is 285 g/mol. The molecule has 16 heavy (non-hydrogen) atoms. The number of aliphatic hydroxyl groups is 1. The Hall–Kier alpha value is -0.540. The normalized spacial score (nSPS) is 19.2. The molecule has 0 heterocycles. The van der Waals surface area contributed by atoms with Crippen LogP contribution in [0.3, 0.4) is 0 Å². The molecule has 0 radical (unpaired) electrons. The van der Waals surface area contributed by atoms with Crippen LogP contribution in [0.4, 0.5) is 0 Å². The van der Waals surface area contributed by atoms with Crippen molar-refractivity contribution in [1.29, 1.82) is 0 Å². The van der Waals surface area contributed by atoms with Crippen LogP contribution in [0.15, 0.2) is 22.7 Å². The molecule has 0 spiro atoms. The van der Waals surface area contributed by atoms with E-state index in [1.165, 1.54) is 0 Å². The third-order valence-electron chi connectivity index (χ3n) is 3.49. The highest BCUT2D eigenvalue weighted by Crippen LogP contribution is 2.49. The molecule has 0 amide bonds.